The number of likely N-dealkylation sites (tertiary alicyclic amines) is 1. The first-order valence-corrected chi connectivity index (χ1v) is 11.5. The minimum absolute atomic E-state index is 0.0916. The van der Waals surface area contributed by atoms with Crippen LogP contribution in [0.25, 0.3) is 16.6 Å². The smallest absolute Gasteiger partial charge is 0.278 e. The zero-order valence-electron chi connectivity index (χ0n) is 19.2. The van der Waals surface area contributed by atoms with E-state index in [0.29, 0.717) is 29.2 Å². The molecule has 1 amide bonds. The summed E-state index contributed by atoms with van der Waals surface area (Å²) in [5.74, 6) is -0.196. The van der Waals surface area contributed by atoms with E-state index in [1.54, 1.807) is 4.68 Å². The highest BCUT2D eigenvalue weighted by atomic mass is 16.2. The number of para-hydroxylation sites is 1. The van der Waals surface area contributed by atoms with Crippen molar-refractivity contribution in [1.29, 1.82) is 0 Å². The lowest BCUT2D eigenvalue weighted by molar-refractivity contribution is -0.121. The van der Waals surface area contributed by atoms with Gasteiger partial charge in [0.15, 0.2) is 0 Å². The summed E-state index contributed by atoms with van der Waals surface area (Å²) >= 11 is 0. The average molecular weight is 437 g/mol. The van der Waals surface area contributed by atoms with Gasteiger partial charge in [-0.2, -0.15) is 10.2 Å². The molecular weight excluding hydrogens is 404 g/mol. The van der Waals surface area contributed by atoms with Crippen LogP contribution in [0.4, 0.5) is 0 Å². The van der Waals surface area contributed by atoms with Crippen LogP contribution in [-0.4, -0.2) is 56.0 Å². The Morgan fingerprint density at radius 1 is 1.16 bits per heavy atom. The van der Waals surface area contributed by atoms with Gasteiger partial charge in [-0.1, -0.05) is 24.6 Å². The van der Waals surface area contributed by atoms with Crippen LogP contribution >= 0.6 is 0 Å². The number of piperidine rings is 1. The number of nitrogens with one attached hydrogen (secondary N) is 1. The number of benzene rings is 1. The van der Waals surface area contributed by atoms with Gasteiger partial charge in [-0.05, 0) is 58.7 Å². The Morgan fingerprint density at radius 3 is 2.69 bits per heavy atom. The Bertz CT molecular complexity index is 1150. The van der Waals surface area contributed by atoms with Gasteiger partial charge in [0, 0.05) is 19.1 Å². The molecule has 1 atom stereocenters. The Labute approximate surface area is 188 Å². The molecule has 4 rings (SSSR count). The van der Waals surface area contributed by atoms with Crippen LogP contribution in [0.5, 0.6) is 0 Å². The first-order chi connectivity index (χ1) is 15.5. The van der Waals surface area contributed by atoms with Crippen molar-refractivity contribution in [2.75, 3.05) is 19.6 Å². The van der Waals surface area contributed by atoms with Crippen LogP contribution in [0, 0.1) is 13.8 Å². The van der Waals surface area contributed by atoms with E-state index in [-0.39, 0.29) is 18.0 Å². The van der Waals surface area contributed by atoms with E-state index in [4.69, 9.17) is 0 Å². The van der Waals surface area contributed by atoms with Crippen LogP contribution in [0.1, 0.15) is 44.0 Å². The number of rotatable bonds is 7. The lowest BCUT2D eigenvalue weighted by Gasteiger charge is -2.33. The van der Waals surface area contributed by atoms with E-state index in [2.05, 4.69) is 27.3 Å². The number of carbonyl (C=O) groups excluding carboxylic acids is 1. The van der Waals surface area contributed by atoms with Gasteiger partial charge in [0.2, 0.25) is 5.91 Å². The largest absolute Gasteiger partial charge is 0.354 e. The van der Waals surface area contributed by atoms with Crippen molar-refractivity contribution < 1.29 is 4.79 Å². The van der Waals surface area contributed by atoms with E-state index in [9.17, 15) is 9.59 Å². The van der Waals surface area contributed by atoms with Crippen molar-refractivity contribution in [2.45, 2.75) is 59.0 Å². The van der Waals surface area contributed by atoms with Crippen molar-refractivity contribution >= 4 is 16.8 Å². The summed E-state index contributed by atoms with van der Waals surface area (Å²) in [7, 11) is 0. The van der Waals surface area contributed by atoms with Crippen molar-refractivity contribution in [3.05, 3.63) is 52.1 Å². The number of aromatic nitrogens is 4. The molecule has 1 fully saturated rings. The molecule has 32 heavy (non-hydrogen) atoms. The summed E-state index contributed by atoms with van der Waals surface area (Å²) in [6.07, 6.45) is 4.72. The topological polar surface area (TPSA) is 85.0 Å². The lowest BCUT2D eigenvalue weighted by atomic mass is 10.0. The van der Waals surface area contributed by atoms with Crippen molar-refractivity contribution in [3.63, 3.8) is 0 Å². The summed E-state index contributed by atoms with van der Waals surface area (Å²) in [5, 5.41) is 12.4. The molecule has 0 saturated carbocycles. The summed E-state index contributed by atoms with van der Waals surface area (Å²) in [6.45, 7) is 8.60. The predicted molar refractivity (Wildman–Crippen MR) is 125 cm³/mol. The molecule has 1 N–H and O–H groups in total. The number of amides is 1. The fourth-order valence-corrected chi connectivity index (χ4v) is 4.53. The second-order valence-corrected chi connectivity index (χ2v) is 8.69. The minimum Gasteiger partial charge on any atom is -0.354 e. The van der Waals surface area contributed by atoms with Gasteiger partial charge in [0.1, 0.15) is 12.1 Å². The molecule has 8 nitrogen and oxygen atoms in total. The maximum Gasteiger partial charge on any atom is 0.278 e. The van der Waals surface area contributed by atoms with E-state index >= 15 is 0 Å². The molecule has 8 heteroatoms. The van der Waals surface area contributed by atoms with Crippen LogP contribution in [-0.2, 0) is 11.3 Å². The highest BCUT2D eigenvalue weighted by Crippen LogP contribution is 2.20. The SMILES string of the molecule is Cc1nn(CC(=O)NCCCN2CCCCC2C)c(=O)c2c(C)n(-c3ccccc3)nc12. The molecule has 0 bridgehead atoms. The molecule has 1 saturated heterocycles. The summed E-state index contributed by atoms with van der Waals surface area (Å²) in [6, 6.07) is 10.3. The Morgan fingerprint density at radius 2 is 1.94 bits per heavy atom. The molecule has 3 heterocycles. The fraction of sp³-hybridized carbons (Fsp3) is 0.500. The molecule has 170 valence electrons. The fourth-order valence-electron chi connectivity index (χ4n) is 4.53. The Balaban J connectivity index is 1.44. The number of nitrogens with zero attached hydrogens (tertiary/aromatic N) is 5. The minimum atomic E-state index is -0.289. The highest BCUT2D eigenvalue weighted by Gasteiger charge is 2.19. The van der Waals surface area contributed by atoms with E-state index in [0.717, 1.165) is 30.9 Å². The first-order valence-electron chi connectivity index (χ1n) is 11.5. The van der Waals surface area contributed by atoms with Gasteiger partial charge in [-0.3, -0.25) is 9.59 Å². The van der Waals surface area contributed by atoms with Gasteiger partial charge < -0.3 is 10.2 Å². The normalized spacial score (nSPS) is 17.0. The van der Waals surface area contributed by atoms with Crippen LogP contribution in [0.15, 0.2) is 35.1 Å². The molecule has 2 aromatic heterocycles. The summed E-state index contributed by atoms with van der Waals surface area (Å²) in [4.78, 5) is 28.1. The quantitative estimate of drug-likeness (QED) is 0.576. The number of fused-ring (bicyclic) bond motifs is 1. The molecule has 1 aromatic carbocycles. The van der Waals surface area contributed by atoms with E-state index in [1.807, 2.05) is 44.2 Å². The van der Waals surface area contributed by atoms with Crippen molar-refractivity contribution in [2.24, 2.45) is 0 Å². The van der Waals surface area contributed by atoms with Crippen molar-refractivity contribution in [3.8, 4) is 5.69 Å². The lowest BCUT2D eigenvalue weighted by Crippen LogP contribution is -2.40. The van der Waals surface area contributed by atoms with Gasteiger partial charge in [-0.15, -0.1) is 0 Å². The Hall–Kier alpha value is -3.00. The molecular formula is C24H32N6O2. The second-order valence-electron chi connectivity index (χ2n) is 8.69. The van der Waals surface area contributed by atoms with Crippen LogP contribution in [0.3, 0.4) is 0 Å². The molecule has 0 aliphatic carbocycles. The first kappa shape index (κ1) is 22.2. The third-order valence-corrected chi connectivity index (χ3v) is 6.36. The monoisotopic (exact) mass is 436 g/mol. The highest BCUT2D eigenvalue weighted by molar-refractivity contribution is 5.83. The van der Waals surface area contributed by atoms with Crippen LogP contribution in [0.2, 0.25) is 0 Å². The molecule has 1 aliphatic rings. The number of hydrogen-bond acceptors (Lipinski definition) is 5. The Kier molecular flexibility index (Phi) is 6.69. The number of carbonyl (C=O) groups is 1. The summed E-state index contributed by atoms with van der Waals surface area (Å²) in [5.41, 5.74) is 2.54. The zero-order valence-corrected chi connectivity index (χ0v) is 19.2. The van der Waals surface area contributed by atoms with Gasteiger partial charge in [0.05, 0.1) is 22.5 Å². The van der Waals surface area contributed by atoms with E-state index in [1.165, 1.54) is 23.9 Å². The predicted octanol–water partition coefficient (Wildman–Crippen LogP) is 2.58. The molecule has 1 aliphatic heterocycles. The molecule has 0 radical (unpaired) electrons. The third kappa shape index (κ3) is 4.60. The molecule has 3 aromatic rings. The number of aryl methyl sites for hydroxylation is 2. The van der Waals surface area contributed by atoms with Gasteiger partial charge in [-0.25, -0.2) is 9.36 Å². The zero-order chi connectivity index (χ0) is 22.7. The maximum atomic E-state index is 13.1. The average Bonchev–Trinajstić information content (AvgIpc) is 3.14. The van der Waals surface area contributed by atoms with E-state index < -0.39 is 0 Å². The number of hydrogen-bond donors (Lipinski definition) is 1. The van der Waals surface area contributed by atoms with Crippen molar-refractivity contribution in [1.82, 2.24) is 29.8 Å². The van der Waals surface area contributed by atoms with Gasteiger partial charge in [0.25, 0.3) is 5.56 Å². The van der Waals surface area contributed by atoms with Crippen LogP contribution < -0.4 is 10.9 Å². The molecule has 1 unspecified atom stereocenters. The molecule has 0 spiro atoms. The standard InChI is InChI=1S/C24H32N6O2/c1-17-10-7-8-14-28(17)15-9-13-25-21(31)16-29-24(32)22-19(3)30(20-11-5-4-6-12-20)27-23(22)18(2)26-29/h4-6,11-12,17H,7-10,13-16H2,1-3H3,(H,25,31). The van der Waals surface area contributed by atoms with Gasteiger partial charge >= 0.3 is 0 Å². The third-order valence-electron chi connectivity index (χ3n) is 6.36. The summed E-state index contributed by atoms with van der Waals surface area (Å²) < 4.78 is 3.01. The maximum absolute atomic E-state index is 13.1. The second kappa shape index (κ2) is 9.65.